The van der Waals surface area contributed by atoms with Crippen molar-refractivity contribution in [2.75, 3.05) is 0 Å². The fourth-order valence-corrected chi connectivity index (χ4v) is 3.50. The van der Waals surface area contributed by atoms with E-state index in [2.05, 4.69) is 10.3 Å². The number of aromatic nitrogens is 1. The van der Waals surface area contributed by atoms with E-state index in [0.717, 1.165) is 23.8 Å². The maximum absolute atomic E-state index is 13.2. The number of carboxylic acid groups (broad SMARTS) is 1. The third kappa shape index (κ3) is 3.36. The average molecular weight is 318 g/mol. The Balaban J connectivity index is 1.74. The van der Waals surface area contributed by atoms with Crippen LogP contribution in [0.4, 0.5) is 4.39 Å². The average Bonchev–Trinajstić information content (AvgIpc) is 3.05. The van der Waals surface area contributed by atoms with Gasteiger partial charge in [-0.15, -0.1) is 0 Å². The van der Waals surface area contributed by atoms with Crippen molar-refractivity contribution in [2.45, 2.75) is 44.1 Å². The molecule has 1 saturated carbocycles. The normalized spacial score (nSPS) is 16.6. The van der Waals surface area contributed by atoms with Crippen molar-refractivity contribution >= 4 is 22.8 Å². The Kier molecular flexibility index (Phi) is 4.07. The van der Waals surface area contributed by atoms with Gasteiger partial charge >= 0.3 is 5.97 Å². The molecule has 23 heavy (non-hydrogen) atoms. The van der Waals surface area contributed by atoms with Crippen LogP contribution in [0.25, 0.3) is 10.9 Å². The lowest BCUT2D eigenvalue weighted by Gasteiger charge is -2.28. The number of hydrogen-bond donors (Lipinski definition) is 3. The summed E-state index contributed by atoms with van der Waals surface area (Å²) in [5, 5.41) is 12.8. The number of aliphatic carboxylic acids is 1. The highest BCUT2D eigenvalue weighted by atomic mass is 19.1. The van der Waals surface area contributed by atoms with E-state index in [1.165, 1.54) is 12.1 Å². The Hall–Kier alpha value is -2.37. The number of H-pyrrole nitrogens is 1. The van der Waals surface area contributed by atoms with Crippen molar-refractivity contribution in [3.8, 4) is 0 Å². The van der Waals surface area contributed by atoms with Gasteiger partial charge in [-0.3, -0.25) is 9.59 Å². The summed E-state index contributed by atoms with van der Waals surface area (Å²) < 4.78 is 13.2. The molecule has 1 fully saturated rings. The van der Waals surface area contributed by atoms with Crippen LogP contribution in [0.3, 0.4) is 0 Å². The quantitative estimate of drug-likeness (QED) is 0.793. The maximum Gasteiger partial charge on any atom is 0.305 e. The Bertz CT molecular complexity index is 747. The highest BCUT2D eigenvalue weighted by molar-refractivity contribution is 5.89. The fourth-order valence-electron chi connectivity index (χ4n) is 3.50. The lowest BCUT2D eigenvalue weighted by atomic mass is 9.92. The predicted octanol–water partition coefficient (Wildman–Crippen LogP) is 2.75. The maximum atomic E-state index is 13.2. The Morgan fingerprint density at radius 1 is 1.30 bits per heavy atom. The Morgan fingerprint density at radius 2 is 2.04 bits per heavy atom. The molecule has 3 rings (SSSR count). The molecular weight excluding hydrogens is 299 g/mol. The molecule has 1 aromatic heterocycles. The number of carboxylic acids is 1. The molecule has 3 N–H and O–H groups in total. The van der Waals surface area contributed by atoms with Gasteiger partial charge in [-0.05, 0) is 36.6 Å². The minimum Gasteiger partial charge on any atom is -0.481 e. The molecule has 0 spiro atoms. The topological polar surface area (TPSA) is 82.2 Å². The molecule has 122 valence electrons. The summed E-state index contributed by atoms with van der Waals surface area (Å²) in [5.74, 6) is -1.42. The SMILES string of the molecule is O=C(O)CC1(NC(=O)Cc2c[nH]c3cc(F)ccc23)CCCC1. The van der Waals surface area contributed by atoms with Crippen LogP contribution in [0.15, 0.2) is 24.4 Å². The van der Waals surface area contributed by atoms with Crippen LogP contribution < -0.4 is 5.32 Å². The number of halogens is 1. The number of fused-ring (bicyclic) bond motifs is 1. The number of hydrogen-bond acceptors (Lipinski definition) is 2. The molecule has 1 aromatic carbocycles. The van der Waals surface area contributed by atoms with Crippen LogP contribution >= 0.6 is 0 Å². The predicted molar refractivity (Wildman–Crippen MR) is 83.6 cm³/mol. The van der Waals surface area contributed by atoms with E-state index in [0.29, 0.717) is 18.4 Å². The zero-order chi connectivity index (χ0) is 16.4. The van der Waals surface area contributed by atoms with Gasteiger partial charge in [0.1, 0.15) is 5.82 Å². The lowest BCUT2D eigenvalue weighted by molar-refractivity contribution is -0.139. The van der Waals surface area contributed by atoms with Gasteiger partial charge < -0.3 is 15.4 Å². The van der Waals surface area contributed by atoms with E-state index in [1.54, 1.807) is 12.3 Å². The molecule has 0 unspecified atom stereocenters. The highest BCUT2D eigenvalue weighted by Gasteiger charge is 2.37. The van der Waals surface area contributed by atoms with Crippen LogP contribution in [-0.4, -0.2) is 27.5 Å². The molecule has 1 aliphatic rings. The van der Waals surface area contributed by atoms with Gasteiger partial charge in [0.05, 0.1) is 18.4 Å². The third-order valence-electron chi connectivity index (χ3n) is 4.54. The van der Waals surface area contributed by atoms with Gasteiger partial charge in [-0.25, -0.2) is 4.39 Å². The second kappa shape index (κ2) is 6.02. The molecule has 2 aromatic rings. The molecule has 1 amide bonds. The monoisotopic (exact) mass is 318 g/mol. The summed E-state index contributed by atoms with van der Waals surface area (Å²) in [7, 11) is 0. The molecule has 5 nitrogen and oxygen atoms in total. The zero-order valence-electron chi connectivity index (χ0n) is 12.7. The highest BCUT2D eigenvalue weighted by Crippen LogP contribution is 2.33. The number of amides is 1. The number of carbonyl (C=O) groups is 2. The minimum atomic E-state index is -0.894. The summed E-state index contributed by atoms with van der Waals surface area (Å²) in [6.45, 7) is 0. The Morgan fingerprint density at radius 3 is 2.74 bits per heavy atom. The molecule has 1 heterocycles. The van der Waals surface area contributed by atoms with Gasteiger partial charge in [0, 0.05) is 17.1 Å². The molecule has 0 bridgehead atoms. The van der Waals surface area contributed by atoms with Crippen LogP contribution in [-0.2, 0) is 16.0 Å². The number of carbonyl (C=O) groups excluding carboxylic acids is 1. The fraction of sp³-hybridized carbons (Fsp3) is 0.412. The van der Waals surface area contributed by atoms with E-state index in [-0.39, 0.29) is 24.6 Å². The van der Waals surface area contributed by atoms with Crippen molar-refractivity contribution in [1.82, 2.24) is 10.3 Å². The van der Waals surface area contributed by atoms with Crippen LogP contribution in [0.2, 0.25) is 0 Å². The van der Waals surface area contributed by atoms with Crippen molar-refractivity contribution < 1.29 is 19.1 Å². The van der Waals surface area contributed by atoms with E-state index in [4.69, 9.17) is 5.11 Å². The third-order valence-corrected chi connectivity index (χ3v) is 4.54. The number of nitrogens with one attached hydrogen (secondary N) is 2. The molecule has 0 aliphatic heterocycles. The molecular formula is C17H19FN2O3. The van der Waals surface area contributed by atoms with E-state index < -0.39 is 11.5 Å². The molecule has 0 atom stereocenters. The number of rotatable bonds is 5. The lowest BCUT2D eigenvalue weighted by Crippen LogP contribution is -2.48. The van der Waals surface area contributed by atoms with Crippen molar-refractivity contribution in [3.63, 3.8) is 0 Å². The molecule has 0 radical (unpaired) electrons. The van der Waals surface area contributed by atoms with Gasteiger partial charge in [0.2, 0.25) is 5.91 Å². The first-order valence-electron chi connectivity index (χ1n) is 7.76. The molecule has 0 saturated heterocycles. The second-order valence-corrected chi connectivity index (χ2v) is 6.29. The van der Waals surface area contributed by atoms with Crippen LogP contribution in [0.5, 0.6) is 0 Å². The van der Waals surface area contributed by atoms with Crippen LogP contribution in [0.1, 0.15) is 37.7 Å². The van der Waals surface area contributed by atoms with Crippen molar-refractivity contribution in [1.29, 1.82) is 0 Å². The van der Waals surface area contributed by atoms with Gasteiger partial charge in [0.25, 0.3) is 0 Å². The van der Waals surface area contributed by atoms with E-state index >= 15 is 0 Å². The summed E-state index contributed by atoms with van der Waals surface area (Å²) in [6, 6.07) is 4.40. The van der Waals surface area contributed by atoms with E-state index in [9.17, 15) is 14.0 Å². The van der Waals surface area contributed by atoms with Crippen molar-refractivity contribution in [3.05, 3.63) is 35.8 Å². The molecule has 6 heteroatoms. The van der Waals surface area contributed by atoms with Gasteiger partial charge in [0.15, 0.2) is 0 Å². The van der Waals surface area contributed by atoms with Gasteiger partial charge in [-0.1, -0.05) is 12.8 Å². The summed E-state index contributed by atoms with van der Waals surface area (Å²) >= 11 is 0. The summed E-state index contributed by atoms with van der Waals surface area (Å²) in [5.41, 5.74) is 0.802. The molecule has 1 aliphatic carbocycles. The smallest absolute Gasteiger partial charge is 0.305 e. The standard InChI is InChI=1S/C17H19FN2O3/c18-12-3-4-13-11(10-19-14(13)8-12)7-15(21)20-17(9-16(22)23)5-1-2-6-17/h3-4,8,10,19H,1-2,5-7,9H2,(H,20,21)(H,22,23). The Labute approximate surface area is 132 Å². The first kappa shape index (κ1) is 15.5. The first-order chi connectivity index (χ1) is 11.0. The zero-order valence-corrected chi connectivity index (χ0v) is 12.7. The second-order valence-electron chi connectivity index (χ2n) is 6.29. The summed E-state index contributed by atoms with van der Waals surface area (Å²) in [4.78, 5) is 26.4. The van der Waals surface area contributed by atoms with Crippen molar-refractivity contribution in [2.24, 2.45) is 0 Å². The van der Waals surface area contributed by atoms with Gasteiger partial charge in [-0.2, -0.15) is 0 Å². The minimum absolute atomic E-state index is 0.0438. The number of aromatic amines is 1. The largest absolute Gasteiger partial charge is 0.481 e. The van der Waals surface area contributed by atoms with E-state index in [1.807, 2.05) is 0 Å². The number of benzene rings is 1. The first-order valence-corrected chi connectivity index (χ1v) is 7.76. The van der Waals surface area contributed by atoms with Crippen LogP contribution in [0, 0.1) is 5.82 Å². The summed E-state index contributed by atoms with van der Waals surface area (Å²) in [6.07, 6.45) is 5.06.